The standard InChI is InChI=1S/C15H12N2O2/c18-15(9-14-7-4-8-19-14)12-10-16-17(11-12)13-5-2-1-3-6-13/h1-8,10-11H,9H2. The third kappa shape index (κ3) is 2.47. The summed E-state index contributed by atoms with van der Waals surface area (Å²) < 4.78 is 6.86. The van der Waals surface area contributed by atoms with Crippen molar-refractivity contribution in [3.63, 3.8) is 0 Å². The van der Waals surface area contributed by atoms with Gasteiger partial charge in [0.2, 0.25) is 0 Å². The Morgan fingerprint density at radius 1 is 1.16 bits per heavy atom. The van der Waals surface area contributed by atoms with Gasteiger partial charge in [0.1, 0.15) is 5.76 Å². The zero-order valence-electron chi connectivity index (χ0n) is 10.2. The van der Waals surface area contributed by atoms with E-state index in [-0.39, 0.29) is 12.2 Å². The highest BCUT2D eigenvalue weighted by Crippen LogP contribution is 2.11. The molecule has 3 rings (SSSR count). The second kappa shape index (κ2) is 4.94. The first-order valence-corrected chi connectivity index (χ1v) is 5.98. The summed E-state index contributed by atoms with van der Waals surface area (Å²) in [5, 5.41) is 4.20. The minimum atomic E-state index is -0.00266. The van der Waals surface area contributed by atoms with Crippen LogP contribution >= 0.6 is 0 Å². The van der Waals surface area contributed by atoms with E-state index in [1.165, 1.54) is 0 Å². The molecule has 0 spiro atoms. The Morgan fingerprint density at radius 2 is 2.00 bits per heavy atom. The molecule has 0 bridgehead atoms. The fraction of sp³-hybridized carbons (Fsp3) is 0.0667. The first kappa shape index (κ1) is 11.5. The fourth-order valence-electron chi connectivity index (χ4n) is 1.86. The minimum Gasteiger partial charge on any atom is -0.469 e. The second-order valence-electron chi connectivity index (χ2n) is 4.19. The van der Waals surface area contributed by atoms with Gasteiger partial charge < -0.3 is 4.42 Å². The van der Waals surface area contributed by atoms with Crippen LogP contribution in [0, 0.1) is 0 Å². The van der Waals surface area contributed by atoms with Crippen molar-refractivity contribution in [3.05, 3.63) is 72.4 Å². The number of rotatable bonds is 4. The quantitative estimate of drug-likeness (QED) is 0.671. The van der Waals surface area contributed by atoms with Gasteiger partial charge in [-0.2, -0.15) is 5.10 Å². The zero-order chi connectivity index (χ0) is 13.1. The van der Waals surface area contributed by atoms with Gasteiger partial charge in [0.05, 0.1) is 30.1 Å². The first-order chi connectivity index (χ1) is 9.33. The molecule has 0 unspecified atom stereocenters. The van der Waals surface area contributed by atoms with Gasteiger partial charge in [-0.3, -0.25) is 4.79 Å². The van der Waals surface area contributed by atoms with Gasteiger partial charge in [0.15, 0.2) is 5.78 Å². The summed E-state index contributed by atoms with van der Waals surface area (Å²) in [6, 6.07) is 13.2. The smallest absolute Gasteiger partial charge is 0.173 e. The fourth-order valence-corrected chi connectivity index (χ4v) is 1.86. The summed E-state index contributed by atoms with van der Waals surface area (Å²) in [4.78, 5) is 12.0. The van der Waals surface area contributed by atoms with Crippen LogP contribution in [0.1, 0.15) is 16.1 Å². The number of para-hydroxylation sites is 1. The third-order valence-corrected chi connectivity index (χ3v) is 2.84. The zero-order valence-corrected chi connectivity index (χ0v) is 10.2. The summed E-state index contributed by atoms with van der Waals surface area (Å²) in [6.07, 6.45) is 5.14. The maximum Gasteiger partial charge on any atom is 0.173 e. The van der Waals surface area contributed by atoms with Crippen LogP contribution in [0.3, 0.4) is 0 Å². The van der Waals surface area contributed by atoms with E-state index in [1.54, 1.807) is 35.5 Å². The highest BCUT2D eigenvalue weighted by molar-refractivity contribution is 5.96. The number of ketones is 1. The number of hydrogen-bond acceptors (Lipinski definition) is 3. The normalized spacial score (nSPS) is 10.5. The van der Waals surface area contributed by atoms with E-state index in [1.807, 2.05) is 30.3 Å². The predicted molar refractivity (Wildman–Crippen MR) is 70.3 cm³/mol. The van der Waals surface area contributed by atoms with Crippen LogP contribution < -0.4 is 0 Å². The molecule has 0 N–H and O–H groups in total. The van der Waals surface area contributed by atoms with Crippen molar-refractivity contribution in [1.82, 2.24) is 9.78 Å². The number of hydrogen-bond donors (Lipinski definition) is 0. The van der Waals surface area contributed by atoms with Gasteiger partial charge in [0, 0.05) is 6.20 Å². The molecular weight excluding hydrogens is 240 g/mol. The number of carbonyl (C=O) groups excluding carboxylic acids is 1. The number of furan rings is 1. The van der Waals surface area contributed by atoms with Crippen LogP contribution in [0.25, 0.3) is 5.69 Å². The number of Topliss-reactive ketones (excluding diaryl/α,β-unsaturated/α-hetero) is 1. The molecule has 4 heteroatoms. The third-order valence-electron chi connectivity index (χ3n) is 2.84. The molecule has 3 aromatic rings. The maximum absolute atomic E-state index is 12.0. The molecule has 1 aromatic carbocycles. The van der Waals surface area contributed by atoms with Crippen LogP contribution in [-0.4, -0.2) is 15.6 Å². The molecule has 0 atom stereocenters. The highest BCUT2D eigenvalue weighted by atomic mass is 16.3. The van der Waals surface area contributed by atoms with E-state index in [2.05, 4.69) is 5.10 Å². The summed E-state index contributed by atoms with van der Waals surface area (Å²) in [7, 11) is 0. The van der Waals surface area contributed by atoms with Gasteiger partial charge >= 0.3 is 0 Å². The Labute approximate surface area is 110 Å². The SMILES string of the molecule is O=C(Cc1ccco1)c1cnn(-c2ccccc2)c1. The summed E-state index contributed by atoms with van der Waals surface area (Å²) in [5.74, 6) is 0.662. The molecule has 0 saturated heterocycles. The minimum absolute atomic E-state index is 0.00266. The lowest BCUT2D eigenvalue weighted by Crippen LogP contribution is -2.01. The molecule has 2 heterocycles. The van der Waals surface area contributed by atoms with Crippen molar-refractivity contribution in [2.75, 3.05) is 0 Å². The van der Waals surface area contributed by atoms with Crippen LogP contribution in [-0.2, 0) is 6.42 Å². The van der Waals surface area contributed by atoms with Gasteiger partial charge in [0.25, 0.3) is 0 Å². The Bertz CT molecular complexity index is 669. The second-order valence-corrected chi connectivity index (χ2v) is 4.19. The number of benzene rings is 1. The van der Waals surface area contributed by atoms with Crippen LogP contribution in [0.2, 0.25) is 0 Å². The van der Waals surface area contributed by atoms with Crippen molar-refractivity contribution in [3.8, 4) is 5.69 Å². The summed E-state index contributed by atoms with van der Waals surface area (Å²) in [5.41, 5.74) is 1.51. The van der Waals surface area contributed by atoms with Crippen molar-refractivity contribution in [2.24, 2.45) is 0 Å². The molecule has 94 valence electrons. The van der Waals surface area contributed by atoms with E-state index < -0.39 is 0 Å². The molecular formula is C15H12N2O2. The molecule has 0 radical (unpaired) electrons. The molecule has 0 amide bonds. The van der Waals surface area contributed by atoms with Gasteiger partial charge in [-0.15, -0.1) is 0 Å². The molecule has 19 heavy (non-hydrogen) atoms. The summed E-state index contributed by atoms with van der Waals surface area (Å²) in [6.45, 7) is 0. The molecule has 0 aliphatic carbocycles. The Kier molecular flexibility index (Phi) is 2.98. The molecule has 2 aromatic heterocycles. The van der Waals surface area contributed by atoms with Crippen molar-refractivity contribution >= 4 is 5.78 Å². The lowest BCUT2D eigenvalue weighted by Gasteiger charge is -1.99. The number of nitrogens with zero attached hydrogens (tertiary/aromatic N) is 2. The highest BCUT2D eigenvalue weighted by Gasteiger charge is 2.11. The van der Waals surface area contributed by atoms with Crippen LogP contribution in [0.15, 0.2) is 65.5 Å². The van der Waals surface area contributed by atoms with Crippen molar-refractivity contribution in [2.45, 2.75) is 6.42 Å². The monoisotopic (exact) mass is 252 g/mol. The van der Waals surface area contributed by atoms with E-state index in [0.717, 1.165) is 5.69 Å². The molecule has 0 aliphatic heterocycles. The molecule has 0 fully saturated rings. The topological polar surface area (TPSA) is 48.0 Å². The average Bonchev–Trinajstić information content (AvgIpc) is 3.10. The maximum atomic E-state index is 12.0. The lowest BCUT2D eigenvalue weighted by atomic mass is 10.1. The van der Waals surface area contributed by atoms with Crippen molar-refractivity contribution in [1.29, 1.82) is 0 Å². The van der Waals surface area contributed by atoms with Crippen molar-refractivity contribution < 1.29 is 9.21 Å². The lowest BCUT2D eigenvalue weighted by molar-refractivity contribution is 0.0987. The number of aromatic nitrogens is 2. The first-order valence-electron chi connectivity index (χ1n) is 5.98. The average molecular weight is 252 g/mol. The Balaban J connectivity index is 1.80. The Morgan fingerprint density at radius 3 is 2.74 bits per heavy atom. The van der Waals surface area contributed by atoms with Crippen LogP contribution in [0.4, 0.5) is 0 Å². The van der Waals surface area contributed by atoms with Crippen LogP contribution in [0.5, 0.6) is 0 Å². The van der Waals surface area contributed by atoms with E-state index in [0.29, 0.717) is 11.3 Å². The number of carbonyl (C=O) groups is 1. The predicted octanol–water partition coefficient (Wildman–Crippen LogP) is 2.89. The largest absolute Gasteiger partial charge is 0.469 e. The molecule has 0 saturated carbocycles. The van der Waals surface area contributed by atoms with Gasteiger partial charge in [-0.1, -0.05) is 18.2 Å². The van der Waals surface area contributed by atoms with Gasteiger partial charge in [-0.25, -0.2) is 4.68 Å². The van der Waals surface area contributed by atoms with E-state index in [4.69, 9.17) is 4.42 Å². The Hall–Kier alpha value is -2.62. The van der Waals surface area contributed by atoms with E-state index in [9.17, 15) is 4.79 Å². The summed E-state index contributed by atoms with van der Waals surface area (Å²) >= 11 is 0. The van der Waals surface area contributed by atoms with Gasteiger partial charge in [-0.05, 0) is 24.3 Å². The van der Waals surface area contributed by atoms with E-state index >= 15 is 0 Å². The molecule has 0 aliphatic rings. The molecule has 4 nitrogen and oxygen atoms in total.